The zero-order chi connectivity index (χ0) is 13.7. The van der Waals surface area contributed by atoms with E-state index in [2.05, 4.69) is 27.1 Å². The molecule has 0 aliphatic rings. The number of pyridine rings is 1. The van der Waals surface area contributed by atoms with Crippen molar-refractivity contribution < 1.29 is 4.92 Å². The maximum atomic E-state index is 9.95. The lowest BCUT2D eigenvalue weighted by molar-refractivity contribution is -0.389. The second-order valence-electron chi connectivity index (χ2n) is 3.81. The van der Waals surface area contributed by atoms with Gasteiger partial charge in [0.2, 0.25) is 0 Å². The summed E-state index contributed by atoms with van der Waals surface area (Å²) in [5.41, 5.74) is 1.06. The van der Waals surface area contributed by atoms with Crippen LogP contribution in [-0.4, -0.2) is 19.9 Å². The fourth-order valence-corrected chi connectivity index (χ4v) is 1.52. The first-order chi connectivity index (χ1) is 9.16. The van der Waals surface area contributed by atoms with Crippen LogP contribution in [0.4, 0.5) is 5.82 Å². The number of aromatic nitrogens is 3. The number of rotatable bonds is 1. The fraction of sp³-hybridized carbons (Fsp3) is 0.0769. The number of hydrogen-bond acceptors (Lipinski definition) is 4. The van der Waals surface area contributed by atoms with Gasteiger partial charge >= 0.3 is 5.82 Å². The van der Waals surface area contributed by atoms with Crippen LogP contribution in [-0.2, 0) is 0 Å². The Kier molecular flexibility index (Phi) is 3.82. The zero-order valence-corrected chi connectivity index (χ0v) is 10.3. The van der Waals surface area contributed by atoms with Gasteiger partial charge in [-0.05, 0) is 17.1 Å². The van der Waals surface area contributed by atoms with Crippen LogP contribution in [0.3, 0.4) is 0 Å². The average Bonchev–Trinajstić information content (AvgIpc) is 2.87. The largest absolute Gasteiger partial charge is 0.358 e. The smallest absolute Gasteiger partial charge is 0.340 e. The van der Waals surface area contributed by atoms with Crippen molar-refractivity contribution in [1.82, 2.24) is 15.0 Å². The molecule has 1 N–H and O–H groups in total. The molecular weight excluding hydrogens is 244 g/mol. The molecule has 3 aromatic rings. The van der Waals surface area contributed by atoms with Crippen molar-refractivity contribution in [1.29, 1.82) is 0 Å². The van der Waals surface area contributed by atoms with Gasteiger partial charge in [-0.25, -0.2) is 9.97 Å². The van der Waals surface area contributed by atoms with Gasteiger partial charge in [-0.3, -0.25) is 4.98 Å². The van der Waals surface area contributed by atoms with Gasteiger partial charge in [0.1, 0.15) is 6.20 Å². The third-order valence-corrected chi connectivity index (χ3v) is 2.40. The van der Waals surface area contributed by atoms with Gasteiger partial charge < -0.3 is 10.1 Å². The summed E-state index contributed by atoms with van der Waals surface area (Å²) >= 11 is 0. The Morgan fingerprint density at radius 3 is 2.47 bits per heavy atom. The minimum Gasteiger partial charge on any atom is -0.358 e. The van der Waals surface area contributed by atoms with Crippen LogP contribution >= 0.6 is 0 Å². The monoisotopic (exact) mass is 256 g/mol. The molecule has 2 aromatic heterocycles. The first-order valence-corrected chi connectivity index (χ1v) is 5.62. The van der Waals surface area contributed by atoms with E-state index in [4.69, 9.17) is 0 Å². The maximum absolute atomic E-state index is 9.95. The van der Waals surface area contributed by atoms with E-state index in [1.807, 2.05) is 30.5 Å². The van der Waals surface area contributed by atoms with Crippen LogP contribution in [0, 0.1) is 17.0 Å². The van der Waals surface area contributed by atoms with Crippen molar-refractivity contribution in [2.24, 2.45) is 0 Å². The standard InChI is InChI=1S/C9H7N.C4H5N3O2/c1-2-6-9-8(4-1)5-3-7-10-9;1-3-5-2-4(6-3)7(8)9/h1-7H;2H,1H3,(H,5,6). The Hall–Kier alpha value is -2.76. The second-order valence-corrected chi connectivity index (χ2v) is 3.81. The lowest BCUT2D eigenvalue weighted by Crippen LogP contribution is -1.86. The Balaban J connectivity index is 0.000000141. The average molecular weight is 256 g/mol. The van der Waals surface area contributed by atoms with E-state index in [1.54, 1.807) is 6.92 Å². The molecule has 1 aromatic carbocycles. The van der Waals surface area contributed by atoms with E-state index in [9.17, 15) is 10.1 Å². The predicted octanol–water partition coefficient (Wildman–Crippen LogP) is 2.86. The highest BCUT2D eigenvalue weighted by Crippen LogP contribution is 2.08. The minimum absolute atomic E-state index is 0.0625. The third kappa shape index (κ3) is 3.35. The topological polar surface area (TPSA) is 84.7 Å². The van der Waals surface area contributed by atoms with Crippen LogP contribution in [0.1, 0.15) is 5.82 Å². The summed E-state index contributed by atoms with van der Waals surface area (Å²) in [5.74, 6) is 0.495. The van der Waals surface area contributed by atoms with E-state index in [0.29, 0.717) is 5.82 Å². The summed E-state index contributed by atoms with van der Waals surface area (Å²) in [6, 6.07) is 12.1. The molecule has 0 unspecified atom stereocenters. The van der Waals surface area contributed by atoms with Crippen LogP contribution in [0.15, 0.2) is 48.8 Å². The molecule has 0 fully saturated rings. The van der Waals surface area contributed by atoms with Crippen molar-refractivity contribution in [3.63, 3.8) is 0 Å². The molecule has 0 saturated carbocycles. The lowest BCUT2D eigenvalue weighted by Gasteiger charge is -1.91. The summed E-state index contributed by atoms with van der Waals surface area (Å²) in [6.07, 6.45) is 3.00. The molecule has 0 radical (unpaired) electrons. The fourth-order valence-electron chi connectivity index (χ4n) is 1.52. The number of imidazole rings is 1. The van der Waals surface area contributed by atoms with Crippen molar-refractivity contribution in [3.8, 4) is 0 Å². The summed E-state index contributed by atoms with van der Waals surface area (Å²) in [5, 5.41) is 11.1. The zero-order valence-electron chi connectivity index (χ0n) is 10.3. The number of benzene rings is 1. The van der Waals surface area contributed by atoms with E-state index >= 15 is 0 Å². The Morgan fingerprint density at radius 1 is 1.16 bits per heavy atom. The number of aromatic amines is 1. The molecule has 6 heteroatoms. The van der Waals surface area contributed by atoms with E-state index < -0.39 is 4.92 Å². The van der Waals surface area contributed by atoms with Crippen molar-refractivity contribution in [3.05, 3.63) is 64.7 Å². The number of aryl methyl sites for hydroxylation is 1. The van der Waals surface area contributed by atoms with Gasteiger partial charge in [-0.15, -0.1) is 0 Å². The molecule has 96 valence electrons. The Bertz CT molecular complexity index is 628. The van der Waals surface area contributed by atoms with Crippen LogP contribution in [0.2, 0.25) is 0 Å². The molecular formula is C13H12N4O2. The van der Waals surface area contributed by atoms with Gasteiger partial charge in [0.05, 0.1) is 5.52 Å². The molecule has 2 heterocycles. The summed E-state index contributed by atoms with van der Waals surface area (Å²) in [7, 11) is 0. The normalized spacial score (nSPS) is 9.74. The molecule has 3 rings (SSSR count). The van der Waals surface area contributed by atoms with Crippen molar-refractivity contribution in [2.75, 3.05) is 0 Å². The molecule has 0 aliphatic carbocycles. The van der Waals surface area contributed by atoms with Crippen LogP contribution in [0.5, 0.6) is 0 Å². The first-order valence-electron chi connectivity index (χ1n) is 5.62. The van der Waals surface area contributed by atoms with Gasteiger partial charge in [-0.1, -0.05) is 24.3 Å². The first kappa shape index (κ1) is 12.7. The van der Waals surface area contributed by atoms with Crippen LogP contribution in [0.25, 0.3) is 10.9 Å². The molecule has 19 heavy (non-hydrogen) atoms. The predicted molar refractivity (Wildman–Crippen MR) is 71.7 cm³/mol. The van der Waals surface area contributed by atoms with Crippen LogP contribution < -0.4 is 0 Å². The third-order valence-electron chi connectivity index (χ3n) is 2.40. The number of para-hydroxylation sites is 1. The minimum atomic E-state index is -0.514. The molecule has 0 amide bonds. The second kappa shape index (κ2) is 5.72. The van der Waals surface area contributed by atoms with E-state index in [-0.39, 0.29) is 5.82 Å². The molecule has 0 spiro atoms. The number of hydrogen-bond donors (Lipinski definition) is 1. The number of fused-ring (bicyclic) bond motifs is 1. The Morgan fingerprint density at radius 2 is 1.89 bits per heavy atom. The van der Waals surface area contributed by atoms with Crippen molar-refractivity contribution >= 4 is 16.7 Å². The summed E-state index contributed by atoms with van der Waals surface area (Å²) in [6.45, 7) is 1.66. The highest BCUT2D eigenvalue weighted by Gasteiger charge is 2.04. The van der Waals surface area contributed by atoms with Gasteiger partial charge in [0, 0.05) is 18.5 Å². The molecule has 0 saturated heterocycles. The Labute approximate surface area is 109 Å². The van der Waals surface area contributed by atoms with E-state index in [1.165, 1.54) is 11.6 Å². The number of H-pyrrole nitrogens is 1. The number of nitrogens with one attached hydrogen (secondary N) is 1. The molecule has 6 nitrogen and oxygen atoms in total. The molecule has 0 atom stereocenters. The highest BCUT2D eigenvalue weighted by molar-refractivity contribution is 5.77. The van der Waals surface area contributed by atoms with E-state index in [0.717, 1.165) is 5.52 Å². The summed E-state index contributed by atoms with van der Waals surface area (Å²) in [4.78, 5) is 19.7. The lowest BCUT2D eigenvalue weighted by atomic mass is 10.2. The van der Waals surface area contributed by atoms with Gasteiger partial charge in [-0.2, -0.15) is 0 Å². The number of nitrogens with zero attached hydrogens (tertiary/aromatic N) is 3. The van der Waals surface area contributed by atoms with Gasteiger partial charge in [0.15, 0.2) is 5.82 Å². The SMILES string of the molecule is Cc1ncc([N+](=O)[O-])[nH]1.c1ccc2ncccc2c1. The summed E-state index contributed by atoms with van der Waals surface area (Å²) < 4.78 is 0. The quantitative estimate of drug-likeness (QED) is 0.536. The highest BCUT2D eigenvalue weighted by atomic mass is 16.6. The van der Waals surface area contributed by atoms with Crippen molar-refractivity contribution in [2.45, 2.75) is 6.92 Å². The molecule has 0 aliphatic heterocycles. The molecule has 0 bridgehead atoms. The maximum Gasteiger partial charge on any atom is 0.340 e. The van der Waals surface area contributed by atoms with Gasteiger partial charge in [0.25, 0.3) is 0 Å². The number of nitro groups is 1.